The number of pyridine rings is 1. The van der Waals surface area contributed by atoms with Crippen LogP contribution in [0.25, 0.3) is 6.08 Å². The number of rotatable bonds is 3. The zero-order valence-corrected chi connectivity index (χ0v) is 9.01. The molecule has 0 amide bonds. The first-order valence-corrected chi connectivity index (χ1v) is 5.14. The van der Waals surface area contributed by atoms with Gasteiger partial charge in [0.15, 0.2) is 5.78 Å². The number of benzene rings is 1. The van der Waals surface area contributed by atoms with Crippen molar-refractivity contribution in [1.82, 2.24) is 4.98 Å². The topological polar surface area (TPSA) is 30.0 Å². The van der Waals surface area contributed by atoms with E-state index in [1.54, 1.807) is 42.7 Å². The minimum Gasteiger partial charge on any atom is -0.289 e. The molecule has 1 aromatic carbocycles. The molecule has 2 nitrogen and oxygen atoms in total. The van der Waals surface area contributed by atoms with Gasteiger partial charge in [0.25, 0.3) is 0 Å². The Morgan fingerprint density at radius 2 is 1.94 bits per heavy atom. The van der Waals surface area contributed by atoms with E-state index in [4.69, 9.17) is 0 Å². The van der Waals surface area contributed by atoms with E-state index in [0.29, 0.717) is 11.1 Å². The third-order valence-corrected chi connectivity index (χ3v) is 2.24. The fraction of sp³-hybridized carbons (Fsp3) is 0. The fourth-order valence-electron chi connectivity index (χ4n) is 1.39. The number of nitrogens with zero attached hydrogens (tertiary/aromatic N) is 1. The summed E-state index contributed by atoms with van der Waals surface area (Å²) in [6.07, 6.45) is 6.13. The zero-order chi connectivity index (χ0) is 12.1. The van der Waals surface area contributed by atoms with E-state index in [1.165, 1.54) is 18.2 Å². The lowest BCUT2D eigenvalue weighted by atomic mass is 10.1. The lowest BCUT2D eigenvalue weighted by Gasteiger charge is -1.95. The normalized spacial score (nSPS) is 10.6. The first-order chi connectivity index (χ1) is 8.25. The molecule has 17 heavy (non-hydrogen) atoms. The summed E-state index contributed by atoms with van der Waals surface area (Å²) in [5, 5.41) is 0. The number of aromatic nitrogens is 1. The van der Waals surface area contributed by atoms with Crippen molar-refractivity contribution in [3.05, 3.63) is 71.8 Å². The molecular weight excluding hydrogens is 217 g/mol. The SMILES string of the molecule is O=C(C=Cc1cccc(F)c1)c1ccncc1. The van der Waals surface area contributed by atoms with Crippen molar-refractivity contribution in [3.63, 3.8) is 0 Å². The third kappa shape index (κ3) is 3.08. The summed E-state index contributed by atoms with van der Waals surface area (Å²) in [4.78, 5) is 15.5. The van der Waals surface area contributed by atoms with Crippen LogP contribution in [0.3, 0.4) is 0 Å². The molecule has 1 heterocycles. The van der Waals surface area contributed by atoms with Gasteiger partial charge in [-0.25, -0.2) is 4.39 Å². The maximum Gasteiger partial charge on any atom is 0.185 e. The van der Waals surface area contributed by atoms with Gasteiger partial charge in [-0.2, -0.15) is 0 Å². The van der Waals surface area contributed by atoms with Gasteiger partial charge >= 0.3 is 0 Å². The lowest BCUT2D eigenvalue weighted by Crippen LogP contribution is -1.93. The van der Waals surface area contributed by atoms with Crippen molar-refractivity contribution in [1.29, 1.82) is 0 Å². The number of allylic oxidation sites excluding steroid dienone is 1. The Balaban J connectivity index is 2.14. The van der Waals surface area contributed by atoms with Crippen LogP contribution < -0.4 is 0 Å². The zero-order valence-electron chi connectivity index (χ0n) is 9.01. The number of hydrogen-bond donors (Lipinski definition) is 0. The largest absolute Gasteiger partial charge is 0.289 e. The molecule has 0 atom stereocenters. The van der Waals surface area contributed by atoms with Crippen LogP contribution in [0.4, 0.5) is 4.39 Å². The minimum atomic E-state index is -0.316. The number of hydrogen-bond acceptors (Lipinski definition) is 2. The third-order valence-electron chi connectivity index (χ3n) is 2.24. The van der Waals surface area contributed by atoms with E-state index < -0.39 is 0 Å². The van der Waals surface area contributed by atoms with E-state index in [1.807, 2.05) is 0 Å². The molecule has 0 radical (unpaired) electrons. The second-order valence-corrected chi connectivity index (χ2v) is 3.49. The first kappa shape index (κ1) is 11.2. The molecule has 0 saturated heterocycles. The second kappa shape index (κ2) is 5.16. The van der Waals surface area contributed by atoms with Gasteiger partial charge < -0.3 is 0 Å². The van der Waals surface area contributed by atoms with E-state index >= 15 is 0 Å². The van der Waals surface area contributed by atoms with Crippen LogP contribution >= 0.6 is 0 Å². The van der Waals surface area contributed by atoms with Gasteiger partial charge in [0, 0.05) is 18.0 Å². The van der Waals surface area contributed by atoms with Crippen LogP contribution in [0.1, 0.15) is 15.9 Å². The van der Waals surface area contributed by atoms with Crippen molar-refractivity contribution in [2.45, 2.75) is 0 Å². The molecule has 0 unspecified atom stereocenters. The highest BCUT2D eigenvalue weighted by atomic mass is 19.1. The summed E-state index contributed by atoms with van der Waals surface area (Å²) >= 11 is 0. The smallest absolute Gasteiger partial charge is 0.185 e. The molecule has 2 rings (SSSR count). The van der Waals surface area contributed by atoms with Crippen LogP contribution in [0, 0.1) is 5.82 Å². The Morgan fingerprint density at radius 3 is 2.65 bits per heavy atom. The Bertz CT molecular complexity index is 549. The van der Waals surface area contributed by atoms with Crippen LogP contribution in [0.15, 0.2) is 54.9 Å². The molecule has 0 aliphatic rings. The van der Waals surface area contributed by atoms with Crippen LogP contribution in [0.2, 0.25) is 0 Å². The molecule has 0 N–H and O–H groups in total. The molecule has 0 spiro atoms. The summed E-state index contributed by atoms with van der Waals surface area (Å²) in [5.41, 5.74) is 1.22. The Morgan fingerprint density at radius 1 is 1.18 bits per heavy atom. The van der Waals surface area contributed by atoms with Crippen molar-refractivity contribution in [2.75, 3.05) is 0 Å². The highest BCUT2D eigenvalue weighted by Gasteiger charge is 1.99. The van der Waals surface area contributed by atoms with Crippen molar-refractivity contribution in [3.8, 4) is 0 Å². The summed E-state index contributed by atoms with van der Waals surface area (Å²) in [6.45, 7) is 0. The predicted molar refractivity (Wildman–Crippen MR) is 64.0 cm³/mol. The Labute approximate surface area is 98.4 Å². The van der Waals surface area contributed by atoms with Gasteiger partial charge in [-0.15, -0.1) is 0 Å². The average molecular weight is 227 g/mol. The number of halogens is 1. The highest BCUT2D eigenvalue weighted by Crippen LogP contribution is 2.07. The second-order valence-electron chi connectivity index (χ2n) is 3.49. The Kier molecular flexibility index (Phi) is 3.40. The van der Waals surface area contributed by atoms with Crippen molar-refractivity contribution < 1.29 is 9.18 Å². The molecule has 1 aromatic heterocycles. The van der Waals surface area contributed by atoms with E-state index in [0.717, 1.165) is 0 Å². The van der Waals surface area contributed by atoms with E-state index in [-0.39, 0.29) is 11.6 Å². The maximum atomic E-state index is 12.9. The average Bonchev–Trinajstić information content (AvgIpc) is 2.37. The predicted octanol–water partition coefficient (Wildman–Crippen LogP) is 3.12. The molecule has 0 fully saturated rings. The summed E-state index contributed by atoms with van der Waals surface area (Å²) in [6, 6.07) is 9.35. The molecule has 84 valence electrons. The van der Waals surface area contributed by atoms with Crippen LogP contribution in [0.5, 0.6) is 0 Å². The van der Waals surface area contributed by atoms with E-state index in [9.17, 15) is 9.18 Å². The standard InChI is InChI=1S/C14H10FNO/c15-13-3-1-2-11(10-13)4-5-14(17)12-6-8-16-9-7-12/h1-10H. The minimum absolute atomic E-state index is 0.128. The van der Waals surface area contributed by atoms with Crippen molar-refractivity contribution >= 4 is 11.9 Å². The summed E-state index contributed by atoms with van der Waals surface area (Å²) in [5.74, 6) is -0.444. The van der Waals surface area contributed by atoms with Gasteiger partial charge in [-0.3, -0.25) is 9.78 Å². The van der Waals surface area contributed by atoms with Gasteiger partial charge in [0.2, 0.25) is 0 Å². The van der Waals surface area contributed by atoms with Gasteiger partial charge in [-0.05, 0) is 35.9 Å². The summed E-state index contributed by atoms with van der Waals surface area (Å²) < 4.78 is 12.9. The molecule has 0 aliphatic heterocycles. The van der Waals surface area contributed by atoms with E-state index in [2.05, 4.69) is 4.98 Å². The number of carbonyl (C=O) groups excluding carboxylic acids is 1. The fourth-order valence-corrected chi connectivity index (χ4v) is 1.39. The molecule has 3 heteroatoms. The highest BCUT2D eigenvalue weighted by molar-refractivity contribution is 6.06. The molecule has 0 saturated carbocycles. The summed E-state index contributed by atoms with van der Waals surface area (Å²) in [7, 11) is 0. The maximum absolute atomic E-state index is 12.9. The van der Waals surface area contributed by atoms with Gasteiger partial charge in [0.05, 0.1) is 0 Å². The monoisotopic (exact) mass is 227 g/mol. The molecular formula is C14H10FNO. The molecule has 0 bridgehead atoms. The molecule has 2 aromatic rings. The first-order valence-electron chi connectivity index (χ1n) is 5.14. The quantitative estimate of drug-likeness (QED) is 0.595. The van der Waals surface area contributed by atoms with Gasteiger partial charge in [0.1, 0.15) is 5.82 Å². The van der Waals surface area contributed by atoms with Crippen LogP contribution in [-0.2, 0) is 0 Å². The molecule has 0 aliphatic carbocycles. The Hall–Kier alpha value is -2.29. The van der Waals surface area contributed by atoms with Gasteiger partial charge in [-0.1, -0.05) is 18.2 Å². The van der Waals surface area contributed by atoms with Crippen molar-refractivity contribution in [2.24, 2.45) is 0 Å². The number of ketones is 1. The lowest BCUT2D eigenvalue weighted by molar-refractivity contribution is 0.104. The number of carbonyl (C=O) groups is 1. The van der Waals surface area contributed by atoms with Crippen LogP contribution in [-0.4, -0.2) is 10.8 Å².